The molecule has 1 unspecified atom stereocenters. The summed E-state index contributed by atoms with van der Waals surface area (Å²) >= 11 is 8.50. The molecule has 0 radical (unpaired) electrons. The van der Waals surface area contributed by atoms with Crippen LogP contribution in [0.15, 0.2) is 53.4 Å². The molecule has 0 spiro atoms. The Morgan fingerprint density at radius 3 is 2.56 bits per heavy atom. The zero-order valence-electron chi connectivity index (χ0n) is 19.8. The fourth-order valence-corrected chi connectivity index (χ4v) is 4.90. The highest BCUT2D eigenvalue weighted by molar-refractivity contribution is 8.18. The number of carbonyl (C=O) groups excluding carboxylic acids is 4. The van der Waals surface area contributed by atoms with E-state index >= 15 is 0 Å². The maximum atomic E-state index is 12.8. The van der Waals surface area contributed by atoms with Gasteiger partial charge >= 0.3 is 0 Å². The van der Waals surface area contributed by atoms with Crippen molar-refractivity contribution in [2.45, 2.75) is 12.5 Å². The Kier molecular flexibility index (Phi) is 10.3. The number of imide groups is 1. The normalized spacial score (nSPS) is 15.2. The number of nitrogens with zero attached hydrogens (tertiary/aromatic N) is 1. The summed E-state index contributed by atoms with van der Waals surface area (Å²) in [5.74, 6) is 0.0812. The van der Waals surface area contributed by atoms with Crippen LogP contribution in [0, 0.1) is 0 Å². The molecule has 2 aromatic rings. The number of benzene rings is 2. The van der Waals surface area contributed by atoms with Crippen molar-refractivity contribution in [2.75, 3.05) is 32.2 Å². The van der Waals surface area contributed by atoms with Crippen molar-refractivity contribution in [3.8, 4) is 5.75 Å². The molecule has 1 aliphatic rings. The molecule has 1 heterocycles. The number of halogens is 1. The highest BCUT2D eigenvalue weighted by Gasteiger charge is 2.35. The van der Waals surface area contributed by atoms with E-state index < -0.39 is 29.0 Å². The molecular formula is C25H26ClN3O5S2. The van der Waals surface area contributed by atoms with Crippen LogP contribution >= 0.6 is 35.1 Å². The molecule has 0 saturated carbocycles. The summed E-state index contributed by atoms with van der Waals surface area (Å²) in [5.41, 5.74) is 1.04. The number of nitrogens with one attached hydrogen (secondary N) is 2. The average Bonchev–Trinajstić information content (AvgIpc) is 3.14. The van der Waals surface area contributed by atoms with E-state index in [0.717, 1.165) is 22.2 Å². The third-order valence-corrected chi connectivity index (χ3v) is 7.15. The molecule has 2 aromatic carbocycles. The topological polar surface area (TPSA) is 105 Å². The molecule has 36 heavy (non-hydrogen) atoms. The zero-order chi connectivity index (χ0) is 26.1. The monoisotopic (exact) mass is 547 g/mol. The second-order valence-electron chi connectivity index (χ2n) is 7.68. The maximum Gasteiger partial charge on any atom is 0.293 e. The van der Waals surface area contributed by atoms with Gasteiger partial charge in [0.2, 0.25) is 5.91 Å². The van der Waals surface area contributed by atoms with Crippen molar-refractivity contribution in [1.29, 1.82) is 0 Å². The molecule has 1 saturated heterocycles. The number of methoxy groups -OCH3 is 1. The molecule has 1 aliphatic heterocycles. The van der Waals surface area contributed by atoms with Gasteiger partial charge in [0.1, 0.15) is 11.8 Å². The van der Waals surface area contributed by atoms with Gasteiger partial charge in [-0.05, 0) is 66.1 Å². The summed E-state index contributed by atoms with van der Waals surface area (Å²) in [5, 5.41) is 5.34. The molecule has 4 amide bonds. The minimum atomic E-state index is -0.786. The lowest BCUT2D eigenvalue weighted by molar-refractivity contribution is -0.125. The smallest absolute Gasteiger partial charge is 0.293 e. The van der Waals surface area contributed by atoms with Crippen LogP contribution < -0.4 is 15.4 Å². The van der Waals surface area contributed by atoms with Gasteiger partial charge in [0.15, 0.2) is 0 Å². The summed E-state index contributed by atoms with van der Waals surface area (Å²) in [7, 11) is 1.57. The van der Waals surface area contributed by atoms with Gasteiger partial charge in [-0.3, -0.25) is 24.1 Å². The molecule has 8 nitrogen and oxygen atoms in total. The van der Waals surface area contributed by atoms with E-state index in [9.17, 15) is 19.2 Å². The Hall–Kier alpha value is -2.95. The van der Waals surface area contributed by atoms with Gasteiger partial charge in [0.05, 0.1) is 22.6 Å². The lowest BCUT2D eigenvalue weighted by Crippen LogP contribution is -2.48. The van der Waals surface area contributed by atoms with Crippen LogP contribution in [-0.4, -0.2) is 66.1 Å². The first-order chi connectivity index (χ1) is 17.3. The molecule has 11 heteroatoms. The SMILES string of the molecule is COc1ccc(/C=C2/SC(=O)N(CCNC(=O)C(CCSC)NC(=O)c3ccccc3Cl)C2=O)cc1. The first-order valence-corrected chi connectivity index (χ1v) is 13.6. The van der Waals surface area contributed by atoms with Crippen LogP contribution in [0.1, 0.15) is 22.3 Å². The Labute approximate surface area is 223 Å². The highest BCUT2D eigenvalue weighted by atomic mass is 35.5. The minimum absolute atomic E-state index is 0.0179. The Morgan fingerprint density at radius 1 is 1.17 bits per heavy atom. The molecule has 0 aliphatic carbocycles. The first kappa shape index (κ1) is 27.6. The van der Waals surface area contributed by atoms with Crippen LogP contribution in [-0.2, 0) is 9.59 Å². The standard InChI is InChI=1S/C25H26ClN3O5S2/c1-34-17-9-7-16(8-10-17)15-21-24(32)29(25(33)36-21)13-12-27-23(31)20(11-14-35-2)28-22(30)18-5-3-4-6-19(18)26/h3-10,15,20H,11-14H2,1-2H3,(H,27,31)(H,28,30)/b21-15+. The number of rotatable bonds is 11. The number of amides is 4. The minimum Gasteiger partial charge on any atom is -0.497 e. The van der Waals surface area contributed by atoms with Crippen LogP contribution in [0.3, 0.4) is 0 Å². The van der Waals surface area contributed by atoms with Crippen molar-refractivity contribution in [1.82, 2.24) is 15.5 Å². The molecule has 1 fully saturated rings. The van der Waals surface area contributed by atoms with E-state index in [0.29, 0.717) is 27.9 Å². The van der Waals surface area contributed by atoms with E-state index in [1.165, 1.54) is 0 Å². The number of hydrogen-bond donors (Lipinski definition) is 2. The van der Waals surface area contributed by atoms with E-state index in [2.05, 4.69) is 10.6 Å². The van der Waals surface area contributed by atoms with Crippen LogP contribution in [0.4, 0.5) is 4.79 Å². The van der Waals surface area contributed by atoms with Crippen LogP contribution in [0.2, 0.25) is 5.02 Å². The van der Waals surface area contributed by atoms with Gasteiger partial charge in [0, 0.05) is 13.1 Å². The van der Waals surface area contributed by atoms with Crippen molar-refractivity contribution in [3.63, 3.8) is 0 Å². The van der Waals surface area contributed by atoms with Gasteiger partial charge in [0.25, 0.3) is 17.1 Å². The van der Waals surface area contributed by atoms with Gasteiger partial charge in [-0.15, -0.1) is 0 Å². The Balaban J connectivity index is 1.57. The molecule has 3 rings (SSSR count). The summed E-state index contributed by atoms with van der Waals surface area (Å²) in [6, 6.07) is 12.9. The quantitative estimate of drug-likeness (QED) is 0.409. The van der Waals surface area contributed by atoms with Crippen molar-refractivity contribution >= 4 is 64.2 Å². The Morgan fingerprint density at radius 2 is 1.89 bits per heavy atom. The average molecular weight is 548 g/mol. The third kappa shape index (κ3) is 7.28. The van der Waals surface area contributed by atoms with E-state index in [-0.39, 0.29) is 18.7 Å². The lowest BCUT2D eigenvalue weighted by atomic mass is 10.1. The number of hydrogen-bond acceptors (Lipinski definition) is 7. The van der Waals surface area contributed by atoms with E-state index in [4.69, 9.17) is 16.3 Å². The van der Waals surface area contributed by atoms with Crippen LogP contribution in [0.25, 0.3) is 6.08 Å². The first-order valence-electron chi connectivity index (χ1n) is 11.1. The molecular weight excluding hydrogens is 522 g/mol. The van der Waals surface area contributed by atoms with E-state index in [1.54, 1.807) is 73.5 Å². The second-order valence-corrected chi connectivity index (χ2v) is 10.1. The molecule has 2 N–H and O–H groups in total. The summed E-state index contributed by atoms with van der Waals surface area (Å²) < 4.78 is 5.13. The van der Waals surface area contributed by atoms with Gasteiger partial charge in [-0.25, -0.2) is 0 Å². The highest BCUT2D eigenvalue weighted by Crippen LogP contribution is 2.32. The van der Waals surface area contributed by atoms with Crippen molar-refractivity contribution in [2.24, 2.45) is 0 Å². The van der Waals surface area contributed by atoms with Gasteiger partial charge in [-0.2, -0.15) is 11.8 Å². The summed E-state index contributed by atoms with van der Waals surface area (Å²) in [6.07, 6.45) is 3.96. The Bertz CT molecular complexity index is 1160. The fourth-order valence-electron chi connectivity index (χ4n) is 3.34. The largest absolute Gasteiger partial charge is 0.497 e. The maximum absolute atomic E-state index is 12.8. The molecule has 0 aromatic heterocycles. The number of carbonyl (C=O) groups is 4. The third-order valence-electron chi connectivity index (χ3n) is 5.27. The molecule has 0 bridgehead atoms. The fraction of sp³-hybridized carbons (Fsp3) is 0.280. The summed E-state index contributed by atoms with van der Waals surface area (Å²) in [4.78, 5) is 52.0. The van der Waals surface area contributed by atoms with Crippen LogP contribution in [0.5, 0.6) is 5.75 Å². The van der Waals surface area contributed by atoms with Gasteiger partial charge in [-0.1, -0.05) is 35.9 Å². The molecule has 190 valence electrons. The van der Waals surface area contributed by atoms with Gasteiger partial charge < -0.3 is 15.4 Å². The summed E-state index contributed by atoms with van der Waals surface area (Å²) in [6.45, 7) is 0.0779. The van der Waals surface area contributed by atoms with Crippen molar-refractivity contribution in [3.05, 3.63) is 69.6 Å². The lowest BCUT2D eigenvalue weighted by Gasteiger charge is -2.19. The predicted molar refractivity (Wildman–Crippen MR) is 144 cm³/mol. The predicted octanol–water partition coefficient (Wildman–Crippen LogP) is 4.05. The molecule has 1 atom stereocenters. The van der Waals surface area contributed by atoms with Crippen molar-refractivity contribution < 1.29 is 23.9 Å². The number of thioether (sulfide) groups is 2. The zero-order valence-corrected chi connectivity index (χ0v) is 22.2. The number of ether oxygens (including phenoxy) is 1. The van der Waals surface area contributed by atoms with E-state index in [1.807, 2.05) is 6.26 Å². The second kappa shape index (κ2) is 13.4.